The molecule has 1 fully saturated rings. The van der Waals surface area contributed by atoms with E-state index in [1.807, 2.05) is 36.4 Å². The standard InChI is InChI=1S/C17H18FN5/c18-16-14-6-2-1-4-12(14)7-8-15(16)17(23-21-11-20-22-23)13-5-3-9-19-10-13/h1-2,4,6-8,11,13,17,19H,3,5,9-10H2/t13-,17-/m1/s1. The largest absolute Gasteiger partial charge is 0.316 e. The van der Waals surface area contributed by atoms with E-state index in [0.717, 1.165) is 31.3 Å². The summed E-state index contributed by atoms with van der Waals surface area (Å²) in [6.07, 6.45) is 3.50. The fraction of sp³-hybridized carbons (Fsp3) is 0.353. The second kappa shape index (κ2) is 6.04. The molecule has 0 amide bonds. The van der Waals surface area contributed by atoms with Crippen molar-refractivity contribution in [2.75, 3.05) is 13.1 Å². The zero-order valence-corrected chi connectivity index (χ0v) is 12.7. The Kier molecular flexibility index (Phi) is 3.75. The Bertz CT molecular complexity index is 796. The molecule has 118 valence electrons. The van der Waals surface area contributed by atoms with Gasteiger partial charge in [0.1, 0.15) is 11.9 Å². The van der Waals surface area contributed by atoms with Crippen LogP contribution in [0.2, 0.25) is 0 Å². The number of nitrogens with one attached hydrogen (secondary N) is 1. The van der Waals surface area contributed by atoms with Crippen LogP contribution in [0.4, 0.5) is 4.39 Å². The van der Waals surface area contributed by atoms with Crippen LogP contribution in [0.25, 0.3) is 10.8 Å². The quantitative estimate of drug-likeness (QED) is 0.807. The lowest BCUT2D eigenvalue weighted by Gasteiger charge is -2.30. The van der Waals surface area contributed by atoms with Crippen molar-refractivity contribution in [1.29, 1.82) is 0 Å². The van der Waals surface area contributed by atoms with Crippen molar-refractivity contribution in [2.45, 2.75) is 18.9 Å². The normalized spacial score (nSPS) is 19.8. The van der Waals surface area contributed by atoms with Gasteiger partial charge in [-0.05, 0) is 35.9 Å². The number of rotatable bonds is 3. The summed E-state index contributed by atoms with van der Waals surface area (Å²) in [5.74, 6) is 0.0598. The number of piperidine rings is 1. The van der Waals surface area contributed by atoms with Crippen molar-refractivity contribution in [2.24, 2.45) is 5.92 Å². The van der Waals surface area contributed by atoms with Gasteiger partial charge in [0.2, 0.25) is 0 Å². The molecule has 1 aliphatic heterocycles. The van der Waals surface area contributed by atoms with Gasteiger partial charge in [0.05, 0.1) is 0 Å². The zero-order chi connectivity index (χ0) is 15.6. The fourth-order valence-corrected chi connectivity index (χ4v) is 3.50. The summed E-state index contributed by atoms with van der Waals surface area (Å²) in [6.45, 7) is 1.84. The van der Waals surface area contributed by atoms with Crippen LogP contribution in [0, 0.1) is 11.7 Å². The summed E-state index contributed by atoms with van der Waals surface area (Å²) in [4.78, 5) is 1.55. The molecule has 1 aliphatic rings. The van der Waals surface area contributed by atoms with Crippen molar-refractivity contribution < 1.29 is 4.39 Å². The minimum atomic E-state index is -0.241. The summed E-state index contributed by atoms with van der Waals surface area (Å²) >= 11 is 0. The lowest BCUT2D eigenvalue weighted by atomic mass is 9.86. The molecule has 2 heterocycles. The molecule has 0 radical (unpaired) electrons. The second-order valence-electron chi connectivity index (χ2n) is 6.00. The zero-order valence-electron chi connectivity index (χ0n) is 12.7. The molecule has 4 rings (SSSR count). The average molecular weight is 311 g/mol. The maximum Gasteiger partial charge on any atom is 0.162 e. The molecule has 0 unspecified atom stereocenters. The molecule has 2 aromatic carbocycles. The molecule has 0 spiro atoms. The number of tetrazole rings is 1. The Morgan fingerprint density at radius 2 is 2.13 bits per heavy atom. The number of aromatic nitrogens is 4. The minimum Gasteiger partial charge on any atom is -0.316 e. The van der Waals surface area contributed by atoms with E-state index in [-0.39, 0.29) is 17.8 Å². The van der Waals surface area contributed by atoms with Crippen LogP contribution in [0.5, 0.6) is 0 Å². The fourth-order valence-electron chi connectivity index (χ4n) is 3.50. The van der Waals surface area contributed by atoms with E-state index < -0.39 is 0 Å². The van der Waals surface area contributed by atoms with Gasteiger partial charge in [0, 0.05) is 17.5 Å². The average Bonchev–Trinajstić information content (AvgIpc) is 3.13. The summed E-state index contributed by atoms with van der Waals surface area (Å²) in [7, 11) is 0. The van der Waals surface area contributed by atoms with Gasteiger partial charge in [-0.2, -0.15) is 4.80 Å². The molecule has 1 N–H and O–H groups in total. The highest BCUT2D eigenvalue weighted by atomic mass is 19.1. The highest BCUT2D eigenvalue weighted by Crippen LogP contribution is 2.34. The van der Waals surface area contributed by atoms with Gasteiger partial charge in [0.15, 0.2) is 6.33 Å². The first-order valence-electron chi connectivity index (χ1n) is 7.95. The Balaban J connectivity index is 1.84. The summed E-state index contributed by atoms with van der Waals surface area (Å²) in [6, 6.07) is 11.1. The molecule has 1 aromatic heterocycles. The van der Waals surface area contributed by atoms with Crippen molar-refractivity contribution in [3.63, 3.8) is 0 Å². The van der Waals surface area contributed by atoms with Crippen molar-refractivity contribution >= 4 is 10.8 Å². The molecule has 5 nitrogen and oxygen atoms in total. The lowest BCUT2D eigenvalue weighted by Crippen LogP contribution is -2.36. The van der Waals surface area contributed by atoms with Crippen LogP contribution in [0.1, 0.15) is 24.4 Å². The van der Waals surface area contributed by atoms with Crippen LogP contribution < -0.4 is 5.32 Å². The van der Waals surface area contributed by atoms with Crippen LogP contribution in [0.15, 0.2) is 42.7 Å². The predicted molar refractivity (Wildman–Crippen MR) is 85.5 cm³/mol. The van der Waals surface area contributed by atoms with E-state index in [1.165, 1.54) is 6.33 Å². The summed E-state index contributed by atoms with van der Waals surface area (Å²) in [5, 5.41) is 17.0. The van der Waals surface area contributed by atoms with Gasteiger partial charge in [-0.25, -0.2) is 4.39 Å². The van der Waals surface area contributed by atoms with Gasteiger partial charge in [-0.1, -0.05) is 36.4 Å². The Morgan fingerprint density at radius 1 is 1.22 bits per heavy atom. The van der Waals surface area contributed by atoms with Gasteiger partial charge in [-0.15, -0.1) is 10.2 Å². The van der Waals surface area contributed by atoms with E-state index >= 15 is 4.39 Å². The highest BCUT2D eigenvalue weighted by Gasteiger charge is 2.30. The molecule has 0 bridgehead atoms. The van der Waals surface area contributed by atoms with Crippen molar-refractivity contribution in [1.82, 2.24) is 25.5 Å². The van der Waals surface area contributed by atoms with E-state index in [9.17, 15) is 0 Å². The first-order valence-corrected chi connectivity index (χ1v) is 7.95. The first kappa shape index (κ1) is 14.3. The van der Waals surface area contributed by atoms with Crippen LogP contribution in [-0.4, -0.2) is 33.3 Å². The van der Waals surface area contributed by atoms with Gasteiger partial charge in [-0.3, -0.25) is 0 Å². The molecule has 0 saturated carbocycles. The van der Waals surface area contributed by atoms with Crippen molar-refractivity contribution in [3.05, 3.63) is 54.1 Å². The highest BCUT2D eigenvalue weighted by molar-refractivity contribution is 5.83. The Hall–Kier alpha value is -2.34. The molecule has 6 heteroatoms. The minimum absolute atomic E-state index is 0.184. The van der Waals surface area contributed by atoms with Gasteiger partial charge < -0.3 is 5.32 Å². The molecule has 3 aromatic rings. The number of benzene rings is 2. The number of halogens is 1. The van der Waals surface area contributed by atoms with E-state index in [2.05, 4.69) is 20.7 Å². The maximum absolute atomic E-state index is 15.2. The number of hydrogen-bond donors (Lipinski definition) is 1. The third kappa shape index (κ3) is 2.59. The monoisotopic (exact) mass is 311 g/mol. The number of hydrogen-bond acceptors (Lipinski definition) is 4. The third-order valence-corrected chi connectivity index (χ3v) is 4.61. The van der Waals surface area contributed by atoms with Crippen LogP contribution in [-0.2, 0) is 0 Å². The second-order valence-corrected chi connectivity index (χ2v) is 6.00. The van der Waals surface area contributed by atoms with E-state index in [0.29, 0.717) is 10.9 Å². The topological polar surface area (TPSA) is 55.6 Å². The lowest BCUT2D eigenvalue weighted by molar-refractivity contribution is 0.257. The van der Waals surface area contributed by atoms with E-state index in [4.69, 9.17) is 0 Å². The Labute approximate surface area is 133 Å². The van der Waals surface area contributed by atoms with Gasteiger partial charge in [0.25, 0.3) is 0 Å². The molecule has 0 aliphatic carbocycles. The molecule has 1 saturated heterocycles. The molecule has 23 heavy (non-hydrogen) atoms. The van der Waals surface area contributed by atoms with Gasteiger partial charge >= 0.3 is 0 Å². The predicted octanol–water partition coefficient (Wildman–Crippen LogP) is 2.55. The smallest absolute Gasteiger partial charge is 0.162 e. The Morgan fingerprint density at radius 3 is 2.91 bits per heavy atom. The van der Waals surface area contributed by atoms with Crippen LogP contribution in [0.3, 0.4) is 0 Å². The number of fused-ring (bicyclic) bond motifs is 1. The maximum atomic E-state index is 15.2. The molecular weight excluding hydrogens is 293 g/mol. The molecule has 2 atom stereocenters. The summed E-state index contributed by atoms with van der Waals surface area (Å²) < 4.78 is 15.2. The van der Waals surface area contributed by atoms with Crippen LogP contribution >= 0.6 is 0 Å². The first-order chi connectivity index (χ1) is 11.3. The third-order valence-electron chi connectivity index (χ3n) is 4.61. The summed E-state index contributed by atoms with van der Waals surface area (Å²) in [5.41, 5.74) is 0.635. The number of nitrogens with zero attached hydrogens (tertiary/aromatic N) is 4. The van der Waals surface area contributed by atoms with Crippen molar-refractivity contribution in [3.8, 4) is 0 Å². The molecular formula is C17H18FN5. The SMILES string of the molecule is Fc1c([C@@H]([C@@H]2CCCNC2)n2ncnn2)ccc2ccccc12. The van der Waals surface area contributed by atoms with E-state index in [1.54, 1.807) is 4.80 Å².